The second-order valence-corrected chi connectivity index (χ2v) is 5.05. The number of nitrogens with one attached hydrogen (secondary N) is 2. The van der Waals surface area contributed by atoms with E-state index >= 15 is 0 Å². The summed E-state index contributed by atoms with van der Waals surface area (Å²) in [6.07, 6.45) is 1.79. The molecule has 0 saturated heterocycles. The van der Waals surface area contributed by atoms with E-state index in [1.807, 2.05) is 44.2 Å². The third-order valence-corrected chi connectivity index (χ3v) is 3.28. The largest absolute Gasteiger partial charge is 0.385 e. The topological polar surface area (TPSA) is 54.0 Å². The predicted molar refractivity (Wildman–Crippen MR) is 85.5 cm³/mol. The Bertz CT molecular complexity index is 620. The Kier molecular flexibility index (Phi) is 4.93. The molecule has 110 valence electrons. The number of pyridine rings is 1. The van der Waals surface area contributed by atoms with E-state index in [0.29, 0.717) is 12.1 Å². The van der Waals surface area contributed by atoms with Crippen LogP contribution in [0, 0.1) is 13.8 Å². The Labute approximate surface area is 125 Å². The molecule has 4 heteroatoms. The van der Waals surface area contributed by atoms with Gasteiger partial charge >= 0.3 is 0 Å². The van der Waals surface area contributed by atoms with Gasteiger partial charge in [0.2, 0.25) is 0 Å². The van der Waals surface area contributed by atoms with Gasteiger partial charge < -0.3 is 10.6 Å². The van der Waals surface area contributed by atoms with Gasteiger partial charge in [0.1, 0.15) is 0 Å². The number of hydrogen-bond donors (Lipinski definition) is 2. The van der Waals surface area contributed by atoms with Crippen LogP contribution in [0.1, 0.15) is 34.1 Å². The second kappa shape index (κ2) is 6.88. The number of hydrogen-bond acceptors (Lipinski definition) is 3. The van der Waals surface area contributed by atoms with Crippen LogP contribution in [0.5, 0.6) is 0 Å². The molecule has 1 aromatic heterocycles. The Morgan fingerprint density at radius 2 is 2.00 bits per heavy atom. The lowest BCUT2D eigenvalue weighted by molar-refractivity contribution is 0.0951. The lowest BCUT2D eigenvalue weighted by Gasteiger charge is -2.10. The summed E-state index contributed by atoms with van der Waals surface area (Å²) in [6, 6.07) is 9.61. The second-order valence-electron chi connectivity index (χ2n) is 5.05. The molecule has 0 unspecified atom stereocenters. The van der Waals surface area contributed by atoms with E-state index in [1.165, 1.54) is 0 Å². The molecule has 1 amide bonds. The maximum Gasteiger partial charge on any atom is 0.251 e. The summed E-state index contributed by atoms with van der Waals surface area (Å²) >= 11 is 0. The molecule has 1 heterocycles. The summed E-state index contributed by atoms with van der Waals surface area (Å²) in [4.78, 5) is 16.4. The molecule has 1 aromatic carbocycles. The average Bonchev–Trinajstić information content (AvgIpc) is 2.48. The standard InChI is InChI=1S/C17H21N3O/c1-4-18-16-8-7-15(9-12(16)2)17(21)20-11-14-6-5-13(3)19-10-14/h5-10,18H,4,11H2,1-3H3,(H,20,21). The number of benzene rings is 1. The fourth-order valence-corrected chi connectivity index (χ4v) is 2.08. The first-order valence-electron chi connectivity index (χ1n) is 7.14. The summed E-state index contributed by atoms with van der Waals surface area (Å²) in [5, 5.41) is 6.18. The molecule has 0 aliphatic carbocycles. The summed E-state index contributed by atoms with van der Waals surface area (Å²) in [5.41, 5.74) is 4.78. The maximum absolute atomic E-state index is 12.2. The van der Waals surface area contributed by atoms with Gasteiger partial charge in [-0.05, 0) is 56.2 Å². The molecule has 21 heavy (non-hydrogen) atoms. The van der Waals surface area contributed by atoms with E-state index in [4.69, 9.17) is 0 Å². The number of anilines is 1. The van der Waals surface area contributed by atoms with Crippen molar-refractivity contribution >= 4 is 11.6 Å². The van der Waals surface area contributed by atoms with Crippen LogP contribution in [0.2, 0.25) is 0 Å². The summed E-state index contributed by atoms with van der Waals surface area (Å²) < 4.78 is 0. The van der Waals surface area contributed by atoms with Crippen molar-refractivity contribution in [2.45, 2.75) is 27.3 Å². The molecular weight excluding hydrogens is 262 g/mol. The highest BCUT2D eigenvalue weighted by molar-refractivity contribution is 5.94. The van der Waals surface area contributed by atoms with E-state index in [9.17, 15) is 4.79 Å². The van der Waals surface area contributed by atoms with Crippen molar-refractivity contribution in [2.75, 3.05) is 11.9 Å². The van der Waals surface area contributed by atoms with Crippen LogP contribution in [0.25, 0.3) is 0 Å². The smallest absolute Gasteiger partial charge is 0.251 e. The van der Waals surface area contributed by atoms with Crippen LogP contribution < -0.4 is 10.6 Å². The lowest BCUT2D eigenvalue weighted by atomic mass is 10.1. The molecule has 4 nitrogen and oxygen atoms in total. The van der Waals surface area contributed by atoms with E-state index in [1.54, 1.807) is 6.20 Å². The van der Waals surface area contributed by atoms with Gasteiger partial charge in [-0.3, -0.25) is 9.78 Å². The quantitative estimate of drug-likeness (QED) is 0.886. The maximum atomic E-state index is 12.2. The summed E-state index contributed by atoms with van der Waals surface area (Å²) in [5.74, 6) is -0.0678. The number of amides is 1. The van der Waals surface area contributed by atoms with Gasteiger partial charge in [0.25, 0.3) is 5.91 Å². The van der Waals surface area contributed by atoms with Crippen molar-refractivity contribution in [3.05, 3.63) is 58.9 Å². The third kappa shape index (κ3) is 4.05. The van der Waals surface area contributed by atoms with Crippen LogP contribution >= 0.6 is 0 Å². The first-order chi connectivity index (χ1) is 10.1. The number of nitrogens with zero attached hydrogens (tertiary/aromatic N) is 1. The van der Waals surface area contributed by atoms with Crippen LogP contribution in [0.3, 0.4) is 0 Å². The summed E-state index contributed by atoms with van der Waals surface area (Å²) in [7, 11) is 0. The fourth-order valence-electron chi connectivity index (χ4n) is 2.08. The normalized spacial score (nSPS) is 10.2. The van der Waals surface area contributed by atoms with Gasteiger partial charge in [-0.2, -0.15) is 0 Å². The third-order valence-electron chi connectivity index (χ3n) is 3.28. The van der Waals surface area contributed by atoms with E-state index in [-0.39, 0.29) is 5.91 Å². The molecule has 0 atom stereocenters. The average molecular weight is 283 g/mol. The van der Waals surface area contributed by atoms with Gasteiger partial charge in [-0.25, -0.2) is 0 Å². The van der Waals surface area contributed by atoms with Crippen LogP contribution in [0.15, 0.2) is 36.5 Å². The highest BCUT2D eigenvalue weighted by atomic mass is 16.1. The molecule has 0 spiro atoms. The number of carbonyl (C=O) groups excluding carboxylic acids is 1. The molecule has 0 fully saturated rings. The molecule has 0 aliphatic rings. The van der Waals surface area contributed by atoms with Crippen molar-refractivity contribution in [2.24, 2.45) is 0 Å². The molecule has 2 aromatic rings. The van der Waals surface area contributed by atoms with Gasteiger partial charge in [-0.15, -0.1) is 0 Å². The minimum absolute atomic E-state index is 0.0678. The molecule has 0 aliphatic heterocycles. The van der Waals surface area contributed by atoms with E-state index in [0.717, 1.165) is 29.1 Å². The Morgan fingerprint density at radius 3 is 2.62 bits per heavy atom. The molecule has 2 N–H and O–H groups in total. The van der Waals surface area contributed by atoms with Crippen molar-refractivity contribution in [3.63, 3.8) is 0 Å². The zero-order valence-electron chi connectivity index (χ0n) is 12.7. The van der Waals surface area contributed by atoms with Crippen molar-refractivity contribution in [1.29, 1.82) is 0 Å². The molecule has 0 radical (unpaired) electrons. The lowest BCUT2D eigenvalue weighted by Crippen LogP contribution is -2.23. The van der Waals surface area contributed by atoms with Crippen LogP contribution in [-0.2, 0) is 6.54 Å². The highest BCUT2D eigenvalue weighted by Gasteiger charge is 2.07. The monoisotopic (exact) mass is 283 g/mol. The van der Waals surface area contributed by atoms with Gasteiger partial charge in [0, 0.05) is 36.2 Å². The SMILES string of the molecule is CCNc1ccc(C(=O)NCc2ccc(C)nc2)cc1C. The van der Waals surface area contributed by atoms with Crippen molar-refractivity contribution in [1.82, 2.24) is 10.3 Å². The molecule has 0 bridgehead atoms. The Morgan fingerprint density at radius 1 is 1.19 bits per heavy atom. The Hall–Kier alpha value is -2.36. The zero-order valence-corrected chi connectivity index (χ0v) is 12.7. The van der Waals surface area contributed by atoms with E-state index in [2.05, 4.69) is 22.5 Å². The number of rotatable bonds is 5. The highest BCUT2D eigenvalue weighted by Crippen LogP contribution is 2.16. The van der Waals surface area contributed by atoms with Crippen molar-refractivity contribution in [3.8, 4) is 0 Å². The molecular formula is C17H21N3O. The summed E-state index contributed by atoms with van der Waals surface area (Å²) in [6.45, 7) is 7.35. The number of aryl methyl sites for hydroxylation is 2. The van der Waals surface area contributed by atoms with Gasteiger partial charge in [0.05, 0.1) is 0 Å². The first-order valence-corrected chi connectivity index (χ1v) is 7.14. The van der Waals surface area contributed by atoms with Gasteiger partial charge in [-0.1, -0.05) is 6.07 Å². The van der Waals surface area contributed by atoms with Gasteiger partial charge in [0.15, 0.2) is 0 Å². The predicted octanol–water partition coefficient (Wildman–Crippen LogP) is 3.06. The van der Waals surface area contributed by atoms with Crippen LogP contribution in [-0.4, -0.2) is 17.4 Å². The molecule has 2 rings (SSSR count). The number of carbonyl (C=O) groups is 1. The fraction of sp³-hybridized carbons (Fsp3) is 0.294. The van der Waals surface area contributed by atoms with Crippen LogP contribution in [0.4, 0.5) is 5.69 Å². The van der Waals surface area contributed by atoms with Crippen molar-refractivity contribution < 1.29 is 4.79 Å². The number of aromatic nitrogens is 1. The minimum atomic E-state index is -0.0678. The Balaban J connectivity index is 2.00. The molecule has 0 saturated carbocycles. The minimum Gasteiger partial charge on any atom is -0.385 e. The first kappa shape index (κ1) is 15.0. The zero-order chi connectivity index (χ0) is 15.2. The van der Waals surface area contributed by atoms with E-state index < -0.39 is 0 Å².